The average molecular weight is 328 g/mol. The molecular weight excluding hydrogens is 309 g/mol. The molecule has 0 unspecified atom stereocenters. The SMILES string of the molecule is CC(C)(CCl)C(CCCl)(CCCl)OP(=O)(O)O. The fourth-order valence-corrected chi connectivity index (χ4v) is 3.41. The maximum atomic E-state index is 11.1. The first-order valence-electron chi connectivity index (χ1n) is 5.08. The Kier molecular flexibility index (Phi) is 7.35. The second-order valence-electron chi connectivity index (χ2n) is 4.47. The van der Waals surface area contributed by atoms with Gasteiger partial charge in [-0.1, -0.05) is 13.8 Å². The predicted octanol–water partition coefficient (Wildman–Crippen LogP) is 3.36. The summed E-state index contributed by atoms with van der Waals surface area (Å²) in [5.74, 6) is 0.592. The molecule has 0 aromatic carbocycles. The normalized spacial score (nSPS) is 14.1. The van der Waals surface area contributed by atoms with E-state index >= 15 is 0 Å². The highest BCUT2D eigenvalue weighted by Gasteiger charge is 2.48. The Bertz CT molecular complexity index is 273. The van der Waals surface area contributed by atoms with Gasteiger partial charge in [-0.15, -0.1) is 34.8 Å². The van der Waals surface area contributed by atoms with Gasteiger partial charge < -0.3 is 9.79 Å². The smallest absolute Gasteiger partial charge is 0.303 e. The summed E-state index contributed by atoms with van der Waals surface area (Å²) >= 11 is 17.2. The number of hydrogen-bond acceptors (Lipinski definition) is 2. The van der Waals surface area contributed by atoms with Crippen LogP contribution in [0.3, 0.4) is 0 Å². The van der Waals surface area contributed by atoms with Crippen LogP contribution in [0.1, 0.15) is 26.7 Å². The van der Waals surface area contributed by atoms with Crippen LogP contribution in [0.4, 0.5) is 0 Å². The summed E-state index contributed by atoms with van der Waals surface area (Å²) in [5, 5.41) is 0. The van der Waals surface area contributed by atoms with Crippen LogP contribution < -0.4 is 0 Å². The molecule has 104 valence electrons. The number of rotatable bonds is 8. The lowest BCUT2D eigenvalue weighted by Crippen LogP contribution is -2.48. The quantitative estimate of drug-likeness (QED) is 0.530. The van der Waals surface area contributed by atoms with E-state index in [1.165, 1.54) is 0 Å². The molecule has 8 heteroatoms. The van der Waals surface area contributed by atoms with Crippen molar-refractivity contribution in [2.75, 3.05) is 17.6 Å². The first kappa shape index (κ1) is 18.0. The lowest BCUT2D eigenvalue weighted by molar-refractivity contribution is -0.0552. The van der Waals surface area contributed by atoms with Crippen molar-refractivity contribution in [1.29, 1.82) is 0 Å². The van der Waals surface area contributed by atoms with Crippen molar-refractivity contribution in [3.63, 3.8) is 0 Å². The van der Waals surface area contributed by atoms with E-state index < -0.39 is 18.8 Å². The van der Waals surface area contributed by atoms with Crippen molar-refractivity contribution in [2.24, 2.45) is 5.41 Å². The molecule has 0 aliphatic heterocycles. The number of hydrogen-bond donors (Lipinski definition) is 2. The van der Waals surface area contributed by atoms with Crippen molar-refractivity contribution >= 4 is 42.6 Å². The topological polar surface area (TPSA) is 66.8 Å². The molecule has 0 heterocycles. The van der Waals surface area contributed by atoms with E-state index in [2.05, 4.69) is 0 Å². The molecule has 0 saturated heterocycles. The highest BCUT2D eigenvalue weighted by Crippen LogP contribution is 2.51. The molecule has 0 aliphatic carbocycles. The molecule has 0 radical (unpaired) electrons. The zero-order valence-electron chi connectivity index (χ0n) is 9.83. The summed E-state index contributed by atoms with van der Waals surface area (Å²) in [6, 6.07) is 0. The van der Waals surface area contributed by atoms with Gasteiger partial charge >= 0.3 is 7.82 Å². The second kappa shape index (κ2) is 6.95. The van der Waals surface area contributed by atoms with Gasteiger partial charge in [0, 0.05) is 23.1 Å². The fourth-order valence-electron chi connectivity index (χ4n) is 1.67. The molecule has 0 spiro atoms. The Morgan fingerprint density at radius 3 is 1.76 bits per heavy atom. The van der Waals surface area contributed by atoms with E-state index in [9.17, 15) is 4.57 Å². The van der Waals surface area contributed by atoms with Crippen LogP contribution in [0.25, 0.3) is 0 Å². The molecule has 0 saturated carbocycles. The lowest BCUT2D eigenvalue weighted by atomic mass is 9.73. The van der Waals surface area contributed by atoms with Crippen LogP contribution in [0.2, 0.25) is 0 Å². The average Bonchev–Trinajstić information content (AvgIpc) is 2.15. The molecule has 0 aliphatic rings. The summed E-state index contributed by atoms with van der Waals surface area (Å²) in [5.41, 5.74) is -1.78. The van der Waals surface area contributed by atoms with E-state index in [4.69, 9.17) is 49.1 Å². The third kappa shape index (κ3) is 5.23. The Hall–Kier alpha value is 0.980. The van der Waals surface area contributed by atoms with E-state index in [1.54, 1.807) is 13.8 Å². The third-order valence-electron chi connectivity index (χ3n) is 2.86. The molecule has 4 nitrogen and oxygen atoms in total. The summed E-state index contributed by atoms with van der Waals surface area (Å²) in [7, 11) is -4.63. The summed E-state index contributed by atoms with van der Waals surface area (Å²) in [6.07, 6.45) is 0.540. The van der Waals surface area contributed by atoms with Gasteiger partial charge in [0.2, 0.25) is 0 Å². The Labute approximate surface area is 117 Å². The fraction of sp³-hybridized carbons (Fsp3) is 1.00. The molecule has 0 bridgehead atoms. The van der Waals surface area contributed by atoms with E-state index in [-0.39, 0.29) is 30.5 Å². The minimum atomic E-state index is -4.63. The number of phosphoric acid groups is 1. The molecule has 2 N–H and O–H groups in total. The largest absolute Gasteiger partial charge is 0.470 e. The molecule has 0 atom stereocenters. The molecule has 0 rings (SSSR count). The van der Waals surface area contributed by atoms with Crippen molar-refractivity contribution in [3.8, 4) is 0 Å². The highest BCUT2D eigenvalue weighted by molar-refractivity contribution is 7.46. The van der Waals surface area contributed by atoms with Gasteiger partial charge in [-0.3, -0.25) is 4.52 Å². The van der Waals surface area contributed by atoms with Crippen molar-refractivity contribution < 1.29 is 18.9 Å². The standard InChI is InChI=1S/C9H18Cl3O4P/c1-8(2,7-12)9(3-5-10,4-6-11)16-17(13,14)15/h3-7H2,1-2H3,(H2,13,14,15). The highest BCUT2D eigenvalue weighted by atomic mass is 35.5. The van der Waals surface area contributed by atoms with Crippen LogP contribution in [-0.2, 0) is 9.09 Å². The van der Waals surface area contributed by atoms with Gasteiger partial charge in [-0.05, 0) is 12.8 Å². The van der Waals surface area contributed by atoms with Crippen molar-refractivity contribution in [1.82, 2.24) is 0 Å². The van der Waals surface area contributed by atoms with E-state index in [0.29, 0.717) is 0 Å². The van der Waals surface area contributed by atoms with Crippen LogP contribution in [0.15, 0.2) is 0 Å². The Morgan fingerprint density at radius 2 is 1.53 bits per heavy atom. The van der Waals surface area contributed by atoms with Gasteiger partial charge in [0.15, 0.2) is 0 Å². The van der Waals surface area contributed by atoms with Crippen LogP contribution >= 0.6 is 42.6 Å². The third-order valence-corrected chi connectivity index (χ3v) is 4.49. The van der Waals surface area contributed by atoms with Gasteiger partial charge in [-0.25, -0.2) is 4.57 Å². The van der Waals surface area contributed by atoms with Crippen molar-refractivity contribution in [2.45, 2.75) is 32.3 Å². The van der Waals surface area contributed by atoms with Gasteiger partial charge in [0.25, 0.3) is 0 Å². The first-order chi connectivity index (χ1) is 7.64. The number of phosphoric ester groups is 1. The van der Waals surface area contributed by atoms with E-state index in [1.807, 2.05) is 0 Å². The minimum absolute atomic E-state index is 0.181. The summed E-state index contributed by atoms with van der Waals surface area (Å²) in [6.45, 7) is 3.55. The maximum absolute atomic E-state index is 11.1. The van der Waals surface area contributed by atoms with Crippen LogP contribution in [0.5, 0.6) is 0 Å². The minimum Gasteiger partial charge on any atom is -0.303 e. The monoisotopic (exact) mass is 326 g/mol. The Balaban J connectivity index is 5.33. The first-order valence-corrected chi connectivity index (χ1v) is 8.22. The summed E-state index contributed by atoms with van der Waals surface area (Å²) < 4.78 is 16.1. The van der Waals surface area contributed by atoms with Crippen LogP contribution in [-0.4, -0.2) is 33.0 Å². The van der Waals surface area contributed by atoms with Gasteiger partial charge in [0.05, 0.1) is 5.60 Å². The number of alkyl halides is 3. The van der Waals surface area contributed by atoms with Gasteiger partial charge in [0.1, 0.15) is 0 Å². The van der Waals surface area contributed by atoms with Crippen molar-refractivity contribution in [3.05, 3.63) is 0 Å². The molecule has 0 aromatic heterocycles. The lowest BCUT2D eigenvalue weighted by Gasteiger charge is -2.45. The zero-order valence-corrected chi connectivity index (χ0v) is 13.0. The molecule has 0 fully saturated rings. The van der Waals surface area contributed by atoms with Gasteiger partial charge in [-0.2, -0.15) is 0 Å². The Morgan fingerprint density at radius 1 is 1.12 bits per heavy atom. The molecule has 0 aromatic rings. The van der Waals surface area contributed by atoms with E-state index in [0.717, 1.165) is 0 Å². The van der Waals surface area contributed by atoms with Crippen LogP contribution in [0, 0.1) is 5.41 Å². The predicted molar refractivity (Wildman–Crippen MR) is 71.0 cm³/mol. The molecule has 17 heavy (non-hydrogen) atoms. The maximum Gasteiger partial charge on any atom is 0.470 e. The molecular formula is C9H18Cl3O4P. The summed E-state index contributed by atoms with van der Waals surface area (Å²) in [4.78, 5) is 18.1. The second-order valence-corrected chi connectivity index (χ2v) is 6.66. The number of halogens is 3. The molecule has 0 amide bonds. The zero-order chi connectivity index (χ0) is 13.7.